The molecular formula is C23H20ClN3O3. The molecule has 0 spiro atoms. The monoisotopic (exact) mass is 421 g/mol. The summed E-state index contributed by atoms with van der Waals surface area (Å²) in [4.78, 5) is 20.2. The zero-order chi connectivity index (χ0) is 20.9. The van der Waals surface area contributed by atoms with Gasteiger partial charge in [0.2, 0.25) is 0 Å². The first-order valence-electron chi connectivity index (χ1n) is 9.53. The smallest absolute Gasteiger partial charge is 0.262 e. The van der Waals surface area contributed by atoms with Gasteiger partial charge in [-0.2, -0.15) is 0 Å². The Morgan fingerprint density at radius 1 is 1.03 bits per heavy atom. The molecule has 0 saturated carbocycles. The standard InChI is InChI=1S/C23H20ClN3O3/c1-2-29-21-13-15(23-26-18-9-5-6-10-19(18)27-23)11-12-20(21)30-14-22(28)25-17-8-4-3-7-16(17)24/h3-13H,2,14H2,1H3,(H,25,28)(H,26,27). The molecule has 1 aromatic heterocycles. The number of fused-ring (bicyclic) bond motifs is 1. The van der Waals surface area contributed by atoms with Crippen molar-refractivity contribution in [1.82, 2.24) is 9.97 Å². The van der Waals surface area contributed by atoms with Crippen LogP contribution in [0.1, 0.15) is 6.92 Å². The summed E-state index contributed by atoms with van der Waals surface area (Å²) in [7, 11) is 0. The minimum Gasteiger partial charge on any atom is -0.490 e. The highest BCUT2D eigenvalue weighted by Crippen LogP contribution is 2.32. The number of amides is 1. The number of benzene rings is 3. The van der Waals surface area contributed by atoms with Crippen LogP contribution < -0.4 is 14.8 Å². The largest absolute Gasteiger partial charge is 0.490 e. The van der Waals surface area contributed by atoms with Crippen LogP contribution in [0, 0.1) is 0 Å². The average molecular weight is 422 g/mol. The fourth-order valence-corrected chi connectivity index (χ4v) is 3.21. The number of halogens is 1. The van der Waals surface area contributed by atoms with E-state index in [1.165, 1.54) is 0 Å². The second-order valence-electron chi connectivity index (χ2n) is 6.51. The van der Waals surface area contributed by atoms with Crippen molar-refractivity contribution in [3.63, 3.8) is 0 Å². The number of anilines is 1. The highest BCUT2D eigenvalue weighted by Gasteiger charge is 2.13. The number of hydrogen-bond donors (Lipinski definition) is 2. The molecule has 7 heteroatoms. The topological polar surface area (TPSA) is 76.2 Å². The van der Waals surface area contributed by atoms with Crippen LogP contribution in [0.2, 0.25) is 5.02 Å². The van der Waals surface area contributed by atoms with E-state index in [1.54, 1.807) is 30.3 Å². The Morgan fingerprint density at radius 3 is 2.63 bits per heavy atom. The number of aromatic nitrogens is 2. The van der Waals surface area contributed by atoms with Crippen molar-refractivity contribution < 1.29 is 14.3 Å². The summed E-state index contributed by atoms with van der Waals surface area (Å²) in [6.45, 7) is 2.18. The Bertz CT molecular complexity index is 1160. The number of ether oxygens (including phenoxy) is 2. The second-order valence-corrected chi connectivity index (χ2v) is 6.92. The van der Waals surface area contributed by atoms with Gasteiger partial charge in [0.1, 0.15) is 5.82 Å². The molecular weight excluding hydrogens is 402 g/mol. The van der Waals surface area contributed by atoms with Crippen LogP contribution in [-0.2, 0) is 4.79 Å². The summed E-state index contributed by atoms with van der Waals surface area (Å²) in [5.41, 5.74) is 3.25. The number of rotatable bonds is 7. The molecule has 6 nitrogen and oxygen atoms in total. The molecule has 0 unspecified atom stereocenters. The molecule has 4 rings (SSSR count). The lowest BCUT2D eigenvalue weighted by atomic mass is 10.2. The van der Waals surface area contributed by atoms with Gasteiger partial charge in [0.25, 0.3) is 5.91 Å². The van der Waals surface area contributed by atoms with Crippen LogP contribution >= 0.6 is 11.6 Å². The van der Waals surface area contributed by atoms with Gasteiger partial charge in [-0.15, -0.1) is 0 Å². The Balaban J connectivity index is 1.50. The molecule has 1 heterocycles. The fraction of sp³-hybridized carbons (Fsp3) is 0.130. The number of nitrogens with one attached hydrogen (secondary N) is 2. The van der Waals surface area contributed by atoms with E-state index in [0.29, 0.717) is 28.8 Å². The number of carbonyl (C=O) groups excluding carboxylic acids is 1. The first kappa shape index (κ1) is 19.8. The molecule has 0 saturated heterocycles. The van der Waals surface area contributed by atoms with Gasteiger partial charge in [-0.05, 0) is 49.4 Å². The number of H-pyrrole nitrogens is 1. The van der Waals surface area contributed by atoms with Gasteiger partial charge in [0.15, 0.2) is 18.1 Å². The molecule has 0 fully saturated rings. The number of para-hydroxylation sites is 3. The fourth-order valence-electron chi connectivity index (χ4n) is 3.02. The Morgan fingerprint density at radius 2 is 1.83 bits per heavy atom. The van der Waals surface area contributed by atoms with Crippen molar-refractivity contribution in [3.05, 3.63) is 71.8 Å². The third-order valence-corrected chi connectivity index (χ3v) is 4.74. The molecule has 0 aliphatic carbocycles. The van der Waals surface area contributed by atoms with E-state index in [2.05, 4.69) is 15.3 Å². The van der Waals surface area contributed by atoms with Crippen LogP contribution in [0.25, 0.3) is 22.4 Å². The quantitative estimate of drug-likeness (QED) is 0.424. The van der Waals surface area contributed by atoms with E-state index in [0.717, 1.165) is 22.4 Å². The van der Waals surface area contributed by atoms with E-state index in [1.807, 2.05) is 43.3 Å². The lowest BCUT2D eigenvalue weighted by molar-refractivity contribution is -0.118. The second kappa shape index (κ2) is 8.88. The van der Waals surface area contributed by atoms with Crippen molar-refractivity contribution in [2.24, 2.45) is 0 Å². The van der Waals surface area contributed by atoms with Crippen molar-refractivity contribution in [2.45, 2.75) is 6.92 Å². The van der Waals surface area contributed by atoms with Crippen molar-refractivity contribution in [1.29, 1.82) is 0 Å². The van der Waals surface area contributed by atoms with Crippen LogP contribution in [0.15, 0.2) is 66.7 Å². The van der Waals surface area contributed by atoms with E-state index in [-0.39, 0.29) is 12.5 Å². The third kappa shape index (κ3) is 4.39. The minimum absolute atomic E-state index is 0.171. The van der Waals surface area contributed by atoms with Gasteiger partial charge in [0, 0.05) is 5.56 Å². The number of carbonyl (C=O) groups is 1. The minimum atomic E-state index is -0.313. The van der Waals surface area contributed by atoms with Gasteiger partial charge in [-0.1, -0.05) is 35.9 Å². The maximum Gasteiger partial charge on any atom is 0.262 e. The van der Waals surface area contributed by atoms with Crippen molar-refractivity contribution in [2.75, 3.05) is 18.5 Å². The van der Waals surface area contributed by atoms with Crippen molar-refractivity contribution in [3.8, 4) is 22.9 Å². The van der Waals surface area contributed by atoms with Gasteiger partial charge < -0.3 is 19.8 Å². The Labute approximate surface area is 178 Å². The maximum atomic E-state index is 12.2. The van der Waals surface area contributed by atoms with Crippen LogP contribution in [-0.4, -0.2) is 29.1 Å². The van der Waals surface area contributed by atoms with E-state index < -0.39 is 0 Å². The molecule has 0 radical (unpaired) electrons. The molecule has 30 heavy (non-hydrogen) atoms. The molecule has 152 valence electrons. The lowest BCUT2D eigenvalue weighted by Crippen LogP contribution is -2.20. The van der Waals surface area contributed by atoms with Crippen molar-refractivity contribution >= 4 is 34.2 Å². The lowest BCUT2D eigenvalue weighted by Gasteiger charge is -2.13. The molecule has 0 bridgehead atoms. The molecule has 0 aliphatic rings. The first-order chi connectivity index (χ1) is 14.6. The van der Waals surface area contributed by atoms with E-state index in [9.17, 15) is 4.79 Å². The van der Waals surface area contributed by atoms with E-state index in [4.69, 9.17) is 21.1 Å². The molecule has 3 aromatic carbocycles. The highest BCUT2D eigenvalue weighted by molar-refractivity contribution is 6.33. The van der Waals surface area contributed by atoms with Crippen LogP contribution in [0.5, 0.6) is 11.5 Å². The normalized spacial score (nSPS) is 10.7. The molecule has 1 amide bonds. The number of imidazole rings is 1. The number of hydrogen-bond acceptors (Lipinski definition) is 4. The molecule has 2 N–H and O–H groups in total. The predicted molar refractivity (Wildman–Crippen MR) is 118 cm³/mol. The average Bonchev–Trinajstić information content (AvgIpc) is 3.19. The third-order valence-electron chi connectivity index (χ3n) is 4.41. The Hall–Kier alpha value is -3.51. The molecule has 0 atom stereocenters. The summed E-state index contributed by atoms with van der Waals surface area (Å²) in [5, 5.41) is 3.20. The summed E-state index contributed by atoms with van der Waals surface area (Å²) in [6, 6.07) is 20.4. The SMILES string of the molecule is CCOc1cc(-c2nc3ccccc3[nH]2)ccc1OCC(=O)Nc1ccccc1Cl. The van der Waals surface area contributed by atoms with Crippen LogP contribution in [0.4, 0.5) is 5.69 Å². The summed E-state index contributed by atoms with van der Waals surface area (Å²) < 4.78 is 11.4. The van der Waals surface area contributed by atoms with Gasteiger partial charge in [0.05, 0.1) is 28.4 Å². The number of nitrogens with zero attached hydrogens (tertiary/aromatic N) is 1. The molecule has 0 aliphatic heterocycles. The number of aromatic amines is 1. The summed E-state index contributed by atoms with van der Waals surface area (Å²) in [6.07, 6.45) is 0. The van der Waals surface area contributed by atoms with Crippen LogP contribution in [0.3, 0.4) is 0 Å². The summed E-state index contributed by atoms with van der Waals surface area (Å²) >= 11 is 6.07. The zero-order valence-corrected chi connectivity index (χ0v) is 17.1. The zero-order valence-electron chi connectivity index (χ0n) is 16.3. The highest BCUT2D eigenvalue weighted by atomic mass is 35.5. The van der Waals surface area contributed by atoms with Gasteiger partial charge >= 0.3 is 0 Å². The van der Waals surface area contributed by atoms with E-state index >= 15 is 0 Å². The molecule has 4 aromatic rings. The van der Waals surface area contributed by atoms with Gasteiger partial charge in [-0.3, -0.25) is 4.79 Å². The predicted octanol–water partition coefficient (Wildman–Crippen LogP) is 5.30. The summed E-state index contributed by atoms with van der Waals surface area (Å²) in [5.74, 6) is 1.44. The van der Waals surface area contributed by atoms with Gasteiger partial charge in [-0.25, -0.2) is 4.98 Å². The first-order valence-corrected chi connectivity index (χ1v) is 9.91. The Kier molecular flexibility index (Phi) is 5.86. The maximum absolute atomic E-state index is 12.2.